The van der Waals surface area contributed by atoms with Crippen molar-refractivity contribution in [2.45, 2.75) is 39.7 Å². The van der Waals surface area contributed by atoms with Gasteiger partial charge >= 0.3 is 0 Å². The molecule has 0 aliphatic rings. The van der Waals surface area contributed by atoms with Gasteiger partial charge in [-0.1, -0.05) is 6.92 Å². The molecule has 0 saturated heterocycles. The SMILES string of the molecule is CC(CNC(C)(C)C)Cc1cncc(Br)c1. The maximum absolute atomic E-state index is 4.18. The van der Waals surface area contributed by atoms with Crippen molar-refractivity contribution in [3.63, 3.8) is 0 Å². The van der Waals surface area contributed by atoms with Gasteiger partial charge in [0.2, 0.25) is 0 Å². The Morgan fingerprint density at radius 1 is 1.38 bits per heavy atom. The zero-order valence-electron chi connectivity index (χ0n) is 10.5. The number of nitrogens with zero attached hydrogens (tertiary/aromatic N) is 1. The van der Waals surface area contributed by atoms with E-state index in [1.54, 1.807) is 0 Å². The smallest absolute Gasteiger partial charge is 0.0410 e. The minimum atomic E-state index is 0.198. The van der Waals surface area contributed by atoms with Gasteiger partial charge in [-0.15, -0.1) is 0 Å². The highest BCUT2D eigenvalue weighted by atomic mass is 79.9. The fourth-order valence-corrected chi connectivity index (χ4v) is 1.93. The standard InChI is InChI=1S/C13H21BrN2/c1-10(7-16-13(2,3)4)5-11-6-12(14)9-15-8-11/h6,8-10,16H,5,7H2,1-4H3. The lowest BCUT2D eigenvalue weighted by molar-refractivity contribution is 0.381. The van der Waals surface area contributed by atoms with Crippen LogP contribution < -0.4 is 5.32 Å². The molecule has 2 nitrogen and oxygen atoms in total. The zero-order chi connectivity index (χ0) is 12.2. The van der Waals surface area contributed by atoms with E-state index in [0.29, 0.717) is 5.92 Å². The van der Waals surface area contributed by atoms with Gasteiger partial charge in [0.05, 0.1) is 0 Å². The second-order valence-corrected chi connectivity index (χ2v) is 6.37. The average molecular weight is 285 g/mol. The fourth-order valence-electron chi connectivity index (χ4n) is 1.52. The molecule has 0 fully saturated rings. The number of rotatable bonds is 4. The van der Waals surface area contributed by atoms with Crippen LogP contribution in [0, 0.1) is 5.92 Å². The number of pyridine rings is 1. The molecule has 0 bridgehead atoms. The van der Waals surface area contributed by atoms with E-state index < -0.39 is 0 Å². The summed E-state index contributed by atoms with van der Waals surface area (Å²) in [6, 6.07) is 2.14. The van der Waals surface area contributed by atoms with E-state index in [9.17, 15) is 0 Å². The molecule has 0 radical (unpaired) electrons. The monoisotopic (exact) mass is 284 g/mol. The molecule has 3 heteroatoms. The quantitative estimate of drug-likeness (QED) is 0.917. The van der Waals surface area contributed by atoms with Crippen molar-refractivity contribution in [1.29, 1.82) is 0 Å². The zero-order valence-corrected chi connectivity index (χ0v) is 12.1. The summed E-state index contributed by atoms with van der Waals surface area (Å²) in [5.74, 6) is 0.621. The third-order valence-electron chi connectivity index (χ3n) is 2.33. The summed E-state index contributed by atoms with van der Waals surface area (Å²) in [5.41, 5.74) is 1.49. The topological polar surface area (TPSA) is 24.9 Å². The molecule has 16 heavy (non-hydrogen) atoms. The van der Waals surface area contributed by atoms with Gasteiger partial charge in [-0.2, -0.15) is 0 Å². The molecule has 0 amide bonds. The molecule has 1 rings (SSSR count). The summed E-state index contributed by atoms with van der Waals surface area (Å²) in [7, 11) is 0. The van der Waals surface area contributed by atoms with Crippen LogP contribution in [0.1, 0.15) is 33.3 Å². The molecule has 1 heterocycles. The Kier molecular flexibility index (Phi) is 4.93. The molecular formula is C13H21BrN2. The molecule has 1 aromatic rings. The fraction of sp³-hybridized carbons (Fsp3) is 0.615. The largest absolute Gasteiger partial charge is 0.312 e. The molecule has 0 spiro atoms. The molecule has 1 atom stereocenters. The summed E-state index contributed by atoms with van der Waals surface area (Å²) in [6.45, 7) is 9.89. The first kappa shape index (κ1) is 13.7. The highest BCUT2D eigenvalue weighted by Crippen LogP contribution is 2.13. The predicted molar refractivity (Wildman–Crippen MR) is 72.6 cm³/mol. The molecule has 90 valence electrons. The predicted octanol–water partition coefficient (Wildman–Crippen LogP) is 3.41. The molecule has 0 saturated carbocycles. The first-order valence-electron chi connectivity index (χ1n) is 5.71. The van der Waals surface area contributed by atoms with E-state index in [1.165, 1.54) is 5.56 Å². The number of halogens is 1. The van der Waals surface area contributed by atoms with Gasteiger partial charge in [0, 0.05) is 22.4 Å². The Labute approximate surface area is 107 Å². The van der Waals surface area contributed by atoms with Crippen LogP contribution >= 0.6 is 15.9 Å². The minimum Gasteiger partial charge on any atom is -0.312 e. The highest BCUT2D eigenvalue weighted by molar-refractivity contribution is 9.10. The second kappa shape index (κ2) is 5.78. The van der Waals surface area contributed by atoms with Crippen molar-refractivity contribution < 1.29 is 0 Å². The molecule has 1 N–H and O–H groups in total. The van der Waals surface area contributed by atoms with Crippen LogP contribution in [0.25, 0.3) is 0 Å². The number of hydrogen-bond donors (Lipinski definition) is 1. The van der Waals surface area contributed by atoms with Gasteiger partial charge in [-0.05, 0) is 67.2 Å². The Bertz CT molecular complexity index is 331. The van der Waals surface area contributed by atoms with Crippen LogP contribution in [0.2, 0.25) is 0 Å². The molecule has 0 aliphatic heterocycles. The van der Waals surface area contributed by atoms with Crippen molar-refractivity contribution in [2.24, 2.45) is 5.92 Å². The lowest BCUT2D eigenvalue weighted by Gasteiger charge is -2.23. The maximum atomic E-state index is 4.18. The van der Waals surface area contributed by atoms with E-state index >= 15 is 0 Å². The van der Waals surface area contributed by atoms with Crippen molar-refractivity contribution in [1.82, 2.24) is 10.3 Å². The van der Waals surface area contributed by atoms with E-state index in [1.807, 2.05) is 12.4 Å². The van der Waals surface area contributed by atoms with Gasteiger partial charge in [0.1, 0.15) is 0 Å². The summed E-state index contributed by atoms with van der Waals surface area (Å²) in [5, 5.41) is 3.52. The van der Waals surface area contributed by atoms with Gasteiger partial charge < -0.3 is 5.32 Å². The Balaban J connectivity index is 2.43. The van der Waals surface area contributed by atoms with E-state index in [2.05, 4.69) is 60.0 Å². The summed E-state index contributed by atoms with van der Waals surface area (Å²) < 4.78 is 1.06. The van der Waals surface area contributed by atoms with Gasteiger partial charge in [-0.25, -0.2) is 0 Å². The van der Waals surface area contributed by atoms with E-state index in [0.717, 1.165) is 17.4 Å². The van der Waals surface area contributed by atoms with Crippen LogP contribution in [0.15, 0.2) is 22.9 Å². The lowest BCUT2D eigenvalue weighted by Crippen LogP contribution is -2.39. The van der Waals surface area contributed by atoms with Gasteiger partial charge in [0.25, 0.3) is 0 Å². The van der Waals surface area contributed by atoms with Crippen molar-refractivity contribution in [3.8, 4) is 0 Å². The summed E-state index contributed by atoms with van der Waals surface area (Å²) in [6.07, 6.45) is 4.83. The number of nitrogens with one attached hydrogen (secondary N) is 1. The third-order valence-corrected chi connectivity index (χ3v) is 2.76. The van der Waals surface area contributed by atoms with E-state index in [-0.39, 0.29) is 5.54 Å². The Morgan fingerprint density at radius 3 is 2.62 bits per heavy atom. The average Bonchev–Trinajstić information content (AvgIpc) is 2.14. The van der Waals surface area contributed by atoms with Crippen LogP contribution in [0.5, 0.6) is 0 Å². The van der Waals surface area contributed by atoms with Gasteiger partial charge in [0.15, 0.2) is 0 Å². The first-order valence-corrected chi connectivity index (χ1v) is 6.50. The maximum Gasteiger partial charge on any atom is 0.0410 e. The van der Waals surface area contributed by atoms with E-state index in [4.69, 9.17) is 0 Å². The summed E-state index contributed by atoms with van der Waals surface area (Å²) >= 11 is 3.44. The van der Waals surface area contributed by atoms with Crippen molar-refractivity contribution in [3.05, 3.63) is 28.5 Å². The minimum absolute atomic E-state index is 0.198. The molecule has 1 unspecified atom stereocenters. The third kappa shape index (κ3) is 5.61. The second-order valence-electron chi connectivity index (χ2n) is 5.45. The molecule has 0 aromatic carbocycles. The first-order chi connectivity index (χ1) is 7.37. The molecule has 0 aliphatic carbocycles. The van der Waals surface area contributed by atoms with Crippen molar-refractivity contribution >= 4 is 15.9 Å². The highest BCUT2D eigenvalue weighted by Gasteiger charge is 2.11. The number of aromatic nitrogens is 1. The van der Waals surface area contributed by atoms with Crippen molar-refractivity contribution in [2.75, 3.05) is 6.54 Å². The van der Waals surface area contributed by atoms with Crippen LogP contribution in [0.4, 0.5) is 0 Å². The lowest BCUT2D eigenvalue weighted by atomic mass is 10.0. The van der Waals surface area contributed by atoms with Crippen LogP contribution in [-0.2, 0) is 6.42 Å². The molecule has 1 aromatic heterocycles. The van der Waals surface area contributed by atoms with Gasteiger partial charge in [-0.3, -0.25) is 4.98 Å². The number of hydrogen-bond acceptors (Lipinski definition) is 2. The molecular weight excluding hydrogens is 264 g/mol. The van der Waals surface area contributed by atoms with Crippen LogP contribution in [-0.4, -0.2) is 17.1 Å². The summed E-state index contributed by atoms with van der Waals surface area (Å²) in [4.78, 5) is 4.18. The normalized spacial score (nSPS) is 13.8. The Morgan fingerprint density at radius 2 is 2.06 bits per heavy atom. The van der Waals surface area contributed by atoms with Crippen LogP contribution in [0.3, 0.4) is 0 Å². The Hall–Kier alpha value is -0.410.